The predicted octanol–water partition coefficient (Wildman–Crippen LogP) is 3.73. The molecule has 0 saturated heterocycles. The number of carboxylic acids is 1. The van der Waals surface area contributed by atoms with Crippen molar-refractivity contribution in [3.05, 3.63) is 64.8 Å². The molecule has 5 nitrogen and oxygen atoms in total. The Hall–Kier alpha value is -2.79. The third kappa shape index (κ3) is 2.98. The summed E-state index contributed by atoms with van der Waals surface area (Å²) in [6, 6.07) is 14.2. The summed E-state index contributed by atoms with van der Waals surface area (Å²) in [5.74, 6) is -1.31. The molecule has 0 fully saturated rings. The Balaban J connectivity index is 1.99. The summed E-state index contributed by atoms with van der Waals surface area (Å²) >= 11 is 6.02. The van der Waals surface area contributed by atoms with Gasteiger partial charge in [0.05, 0.1) is 6.42 Å². The highest BCUT2D eigenvalue weighted by molar-refractivity contribution is 6.31. The molecule has 0 saturated carbocycles. The van der Waals surface area contributed by atoms with Gasteiger partial charge in [-0.3, -0.25) is 4.79 Å². The van der Waals surface area contributed by atoms with Crippen LogP contribution in [0.15, 0.2) is 48.5 Å². The average Bonchev–Trinajstić information content (AvgIpc) is 2.93. The molecule has 24 heavy (non-hydrogen) atoms. The predicted molar refractivity (Wildman–Crippen MR) is 93.8 cm³/mol. The zero-order valence-electron chi connectivity index (χ0n) is 12.9. The van der Waals surface area contributed by atoms with Crippen LogP contribution in [-0.2, 0) is 11.2 Å². The highest BCUT2D eigenvalue weighted by Gasteiger charge is 2.21. The lowest BCUT2D eigenvalue weighted by Gasteiger charge is -2.17. The van der Waals surface area contributed by atoms with Gasteiger partial charge in [0.2, 0.25) is 5.91 Å². The lowest BCUT2D eigenvalue weighted by atomic mass is 10.1. The lowest BCUT2D eigenvalue weighted by Crippen LogP contribution is -2.28. The minimum atomic E-state index is -1.10. The number of nitrogens with one attached hydrogen (secondary N) is 1. The number of benzene rings is 2. The standard InChI is InChI=1S/C18H15ClN2O3/c1-21(12-5-3-2-4-6-12)16(22)10-14-13-9-11(19)7-8-15(13)20-17(14)18(23)24/h2-9,20H,10H2,1H3,(H,23,24). The van der Waals surface area contributed by atoms with Crippen LogP contribution in [0.25, 0.3) is 10.9 Å². The number of aromatic carboxylic acids is 1. The molecule has 2 aromatic carbocycles. The summed E-state index contributed by atoms with van der Waals surface area (Å²) in [7, 11) is 1.67. The Labute approximate surface area is 143 Å². The maximum atomic E-state index is 12.6. The summed E-state index contributed by atoms with van der Waals surface area (Å²) in [4.78, 5) is 28.5. The van der Waals surface area contributed by atoms with Gasteiger partial charge in [0, 0.05) is 34.2 Å². The number of amides is 1. The van der Waals surface area contributed by atoms with Crippen molar-refractivity contribution in [3.8, 4) is 0 Å². The molecular formula is C18H15ClN2O3. The van der Waals surface area contributed by atoms with E-state index in [2.05, 4.69) is 4.98 Å². The van der Waals surface area contributed by atoms with Crippen molar-refractivity contribution < 1.29 is 14.7 Å². The Kier molecular flexibility index (Phi) is 4.27. The number of H-pyrrole nitrogens is 1. The first kappa shape index (κ1) is 16.1. The minimum Gasteiger partial charge on any atom is -0.477 e. The maximum Gasteiger partial charge on any atom is 0.352 e. The average molecular weight is 343 g/mol. The van der Waals surface area contributed by atoms with E-state index in [-0.39, 0.29) is 18.0 Å². The molecule has 0 spiro atoms. The lowest BCUT2D eigenvalue weighted by molar-refractivity contribution is -0.117. The number of carbonyl (C=O) groups is 2. The Morgan fingerprint density at radius 2 is 1.88 bits per heavy atom. The third-order valence-electron chi connectivity index (χ3n) is 3.93. The molecule has 1 amide bonds. The quantitative estimate of drug-likeness (QED) is 0.758. The fraction of sp³-hybridized carbons (Fsp3) is 0.111. The van der Waals surface area contributed by atoms with Crippen LogP contribution < -0.4 is 4.90 Å². The summed E-state index contributed by atoms with van der Waals surface area (Å²) in [6.45, 7) is 0. The second-order valence-corrected chi connectivity index (χ2v) is 5.88. The van der Waals surface area contributed by atoms with Crippen LogP contribution in [0.3, 0.4) is 0 Å². The number of fused-ring (bicyclic) bond motifs is 1. The van der Waals surface area contributed by atoms with Gasteiger partial charge >= 0.3 is 5.97 Å². The van der Waals surface area contributed by atoms with Crippen LogP contribution in [0, 0.1) is 0 Å². The molecular weight excluding hydrogens is 328 g/mol. The second kappa shape index (κ2) is 6.37. The molecule has 0 atom stereocenters. The summed E-state index contributed by atoms with van der Waals surface area (Å²) < 4.78 is 0. The van der Waals surface area contributed by atoms with Crippen LogP contribution in [0.4, 0.5) is 5.69 Å². The molecule has 2 N–H and O–H groups in total. The van der Waals surface area contributed by atoms with Gasteiger partial charge in [0.25, 0.3) is 0 Å². The normalized spacial score (nSPS) is 10.8. The van der Waals surface area contributed by atoms with Gasteiger partial charge in [-0.2, -0.15) is 0 Å². The maximum absolute atomic E-state index is 12.6. The summed E-state index contributed by atoms with van der Waals surface area (Å²) in [5.41, 5.74) is 1.84. The number of rotatable bonds is 4. The molecule has 0 aliphatic heterocycles. The molecule has 0 unspecified atom stereocenters. The van der Waals surface area contributed by atoms with E-state index in [4.69, 9.17) is 11.6 Å². The first-order chi connectivity index (χ1) is 11.5. The fourth-order valence-electron chi connectivity index (χ4n) is 2.65. The number of hydrogen-bond acceptors (Lipinski definition) is 2. The molecule has 0 bridgehead atoms. The summed E-state index contributed by atoms with van der Waals surface area (Å²) in [6.07, 6.45) is -0.0344. The topological polar surface area (TPSA) is 73.4 Å². The van der Waals surface area contributed by atoms with Crippen molar-refractivity contribution in [3.63, 3.8) is 0 Å². The number of halogens is 1. The molecule has 3 aromatic rings. The number of carbonyl (C=O) groups excluding carboxylic acids is 1. The largest absolute Gasteiger partial charge is 0.477 e. The molecule has 3 rings (SSSR count). The van der Waals surface area contributed by atoms with E-state index in [0.717, 1.165) is 5.69 Å². The van der Waals surface area contributed by atoms with Gasteiger partial charge in [-0.05, 0) is 30.3 Å². The number of carboxylic acid groups (broad SMARTS) is 1. The van der Waals surface area contributed by atoms with Crippen molar-refractivity contribution in [1.29, 1.82) is 0 Å². The number of nitrogens with zero attached hydrogens (tertiary/aromatic N) is 1. The number of para-hydroxylation sites is 1. The van der Waals surface area contributed by atoms with Gasteiger partial charge in [-0.15, -0.1) is 0 Å². The van der Waals surface area contributed by atoms with Crippen molar-refractivity contribution >= 4 is 40.1 Å². The SMILES string of the molecule is CN(C(=O)Cc1c(C(=O)O)[nH]c2ccc(Cl)cc12)c1ccccc1. The number of aromatic nitrogens is 1. The Bertz CT molecular complexity index is 919. The Morgan fingerprint density at radius 1 is 1.17 bits per heavy atom. The van der Waals surface area contributed by atoms with Crippen molar-refractivity contribution in [2.75, 3.05) is 11.9 Å². The highest BCUT2D eigenvalue weighted by Crippen LogP contribution is 2.27. The molecule has 0 aliphatic carbocycles. The van der Waals surface area contributed by atoms with E-state index in [1.807, 2.05) is 30.3 Å². The van der Waals surface area contributed by atoms with E-state index in [9.17, 15) is 14.7 Å². The molecule has 1 heterocycles. The first-order valence-electron chi connectivity index (χ1n) is 7.32. The zero-order chi connectivity index (χ0) is 17.3. The van der Waals surface area contributed by atoms with Crippen LogP contribution >= 0.6 is 11.6 Å². The molecule has 122 valence electrons. The Morgan fingerprint density at radius 3 is 2.54 bits per heavy atom. The van der Waals surface area contributed by atoms with Gasteiger partial charge in [-0.1, -0.05) is 29.8 Å². The van der Waals surface area contributed by atoms with Gasteiger partial charge in [-0.25, -0.2) is 4.79 Å². The number of hydrogen-bond donors (Lipinski definition) is 2. The molecule has 0 radical (unpaired) electrons. The van der Waals surface area contributed by atoms with Crippen LogP contribution in [-0.4, -0.2) is 29.0 Å². The molecule has 6 heteroatoms. The van der Waals surface area contributed by atoms with Gasteiger partial charge in [0.1, 0.15) is 5.69 Å². The van der Waals surface area contributed by atoms with Crippen molar-refractivity contribution in [2.45, 2.75) is 6.42 Å². The van der Waals surface area contributed by atoms with Crippen molar-refractivity contribution in [2.24, 2.45) is 0 Å². The fourth-order valence-corrected chi connectivity index (χ4v) is 2.82. The van der Waals surface area contributed by atoms with Crippen LogP contribution in [0.1, 0.15) is 16.1 Å². The van der Waals surface area contributed by atoms with E-state index < -0.39 is 5.97 Å². The van der Waals surface area contributed by atoms with E-state index in [1.165, 1.54) is 4.90 Å². The van der Waals surface area contributed by atoms with Gasteiger partial charge < -0.3 is 15.0 Å². The molecule has 1 aromatic heterocycles. The number of anilines is 1. The third-order valence-corrected chi connectivity index (χ3v) is 4.16. The second-order valence-electron chi connectivity index (χ2n) is 5.44. The monoisotopic (exact) mass is 342 g/mol. The van der Waals surface area contributed by atoms with E-state index >= 15 is 0 Å². The minimum absolute atomic E-state index is 0.0158. The highest BCUT2D eigenvalue weighted by atomic mass is 35.5. The first-order valence-corrected chi connectivity index (χ1v) is 7.70. The van der Waals surface area contributed by atoms with Gasteiger partial charge in [0.15, 0.2) is 0 Å². The van der Waals surface area contributed by atoms with Crippen LogP contribution in [0.5, 0.6) is 0 Å². The van der Waals surface area contributed by atoms with Crippen LogP contribution in [0.2, 0.25) is 5.02 Å². The number of aromatic amines is 1. The number of likely N-dealkylation sites (N-methyl/N-ethyl adjacent to an activating group) is 1. The molecule has 0 aliphatic rings. The van der Waals surface area contributed by atoms with E-state index in [0.29, 0.717) is 21.5 Å². The van der Waals surface area contributed by atoms with Crippen molar-refractivity contribution in [1.82, 2.24) is 4.98 Å². The smallest absolute Gasteiger partial charge is 0.352 e. The van der Waals surface area contributed by atoms with E-state index in [1.54, 1.807) is 25.2 Å². The summed E-state index contributed by atoms with van der Waals surface area (Å²) in [5, 5.41) is 10.6. The zero-order valence-corrected chi connectivity index (χ0v) is 13.7.